The lowest BCUT2D eigenvalue weighted by Crippen LogP contribution is -2.38. The summed E-state index contributed by atoms with van der Waals surface area (Å²) in [7, 11) is -3.81. The molecule has 0 spiro atoms. The highest BCUT2D eigenvalue weighted by Gasteiger charge is 2.22. The van der Waals surface area contributed by atoms with Crippen LogP contribution in [-0.2, 0) is 20.6 Å². The standard InChI is InChI=1S/C11H14N2O5S/c1-8(9(2)14)12-19(17,18)7-10-5-3-4-6-11(10)13(15)16/h3-6,8,12H,7H2,1-2H3. The average Bonchev–Trinajstić information content (AvgIpc) is 2.27. The van der Waals surface area contributed by atoms with E-state index in [9.17, 15) is 23.3 Å². The zero-order valence-corrected chi connectivity index (χ0v) is 11.3. The van der Waals surface area contributed by atoms with Crippen LogP contribution < -0.4 is 4.72 Å². The van der Waals surface area contributed by atoms with E-state index in [0.29, 0.717) is 0 Å². The number of nitro benzene ring substituents is 1. The maximum Gasteiger partial charge on any atom is 0.273 e. The fourth-order valence-corrected chi connectivity index (χ4v) is 2.85. The largest absolute Gasteiger partial charge is 0.298 e. The van der Waals surface area contributed by atoms with Crippen molar-refractivity contribution < 1.29 is 18.1 Å². The molecule has 0 amide bonds. The molecule has 1 aromatic carbocycles. The SMILES string of the molecule is CC(=O)C(C)NS(=O)(=O)Cc1ccccc1[N+](=O)[O-]. The summed E-state index contributed by atoms with van der Waals surface area (Å²) in [5.74, 6) is -0.868. The molecule has 0 radical (unpaired) electrons. The topological polar surface area (TPSA) is 106 Å². The average molecular weight is 286 g/mol. The van der Waals surface area contributed by atoms with Crippen molar-refractivity contribution in [2.24, 2.45) is 0 Å². The third-order valence-corrected chi connectivity index (χ3v) is 3.90. The molecule has 19 heavy (non-hydrogen) atoms. The Kier molecular flexibility index (Phi) is 4.73. The number of sulfonamides is 1. The first-order valence-corrected chi connectivity index (χ1v) is 7.11. The van der Waals surface area contributed by atoms with E-state index >= 15 is 0 Å². The number of Topliss-reactive ketones (excluding diaryl/α,β-unsaturated/α-hetero) is 1. The number of nitrogens with zero attached hydrogens (tertiary/aromatic N) is 1. The number of benzene rings is 1. The molecule has 0 aliphatic heterocycles. The van der Waals surface area contributed by atoms with Crippen molar-refractivity contribution in [2.75, 3.05) is 0 Å². The summed E-state index contributed by atoms with van der Waals surface area (Å²) in [4.78, 5) is 21.1. The van der Waals surface area contributed by atoms with Crippen molar-refractivity contribution in [3.05, 3.63) is 39.9 Å². The molecule has 1 atom stereocenters. The molecule has 8 heteroatoms. The van der Waals surface area contributed by atoms with Gasteiger partial charge >= 0.3 is 0 Å². The van der Waals surface area contributed by atoms with E-state index in [1.165, 1.54) is 38.1 Å². The molecule has 1 aromatic rings. The lowest BCUT2D eigenvalue weighted by molar-refractivity contribution is -0.385. The molecular weight excluding hydrogens is 272 g/mol. The van der Waals surface area contributed by atoms with Crippen LogP contribution in [0.3, 0.4) is 0 Å². The van der Waals surface area contributed by atoms with Crippen LogP contribution in [0.15, 0.2) is 24.3 Å². The summed E-state index contributed by atoms with van der Waals surface area (Å²) in [5.41, 5.74) is -0.181. The Labute approximate surface area is 110 Å². The third-order valence-electron chi connectivity index (χ3n) is 2.50. The highest BCUT2D eigenvalue weighted by molar-refractivity contribution is 7.88. The van der Waals surface area contributed by atoms with Gasteiger partial charge in [0.25, 0.3) is 5.69 Å². The van der Waals surface area contributed by atoms with Gasteiger partial charge in [0.05, 0.1) is 16.7 Å². The molecule has 7 nitrogen and oxygen atoms in total. The van der Waals surface area contributed by atoms with Crippen molar-refractivity contribution in [3.8, 4) is 0 Å². The fourth-order valence-electron chi connectivity index (χ4n) is 1.41. The molecule has 1 unspecified atom stereocenters. The Morgan fingerprint density at radius 1 is 1.42 bits per heavy atom. The highest BCUT2D eigenvalue weighted by Crippen LogP contribution is 2.19. The summed E-state index contributed by atoms with van der Waals surface area (Å²) in [6.45, 7) is 2.68. The van der Waals surface area contributed by atoms with E-state index < -0.39 is 26.7 Å². The molecule has 0 heterocycles. The maximum absolute atomic E-state index is 11.8. The second-order valence-corrected chi connectivity index (χ2v) is 5.85. The Morgan fingerprint density at radius 3 is 2.53 bits per heavy atom. The summed E-state index contributed by atoms with van der Waals surface area (Å²) >= 11 is 0. The van der Waals surface area contributed by atoms with Gasteiger partial charge in [-0.05, 0) is 13.8 Å². The molecule has 0 saturated carbocycles. The lowest BCUT2D eigenvalue weighted by Gasteiger charge is -2.11. The number of nitro groups is 1. The van der Waals surface area contributed by atoms with Crippen molar-refractivity contribution in [2.45, 2.75) is 25.6 Å². The van der Waals surface area contributed by atoms with Gasteiger partial charge in [0.1, 0.15) is 5.78 Å². The zero-order valence-electron chi connectivity index (χ0n) is 10.5. The molecule has 1 rings (SSSR count). The summed E-state index contributed by atoms with van der Waals surface area (Å²) < 4.78 is 25.8. The summed E-state index contributed by atoms with van der Waals surface area (Å²) in [5, 5.41) is 10.8. The third kappa shape index (κ3) is 4.42. The van der Waals surface area contributed by atoms with Gasteiger partial charge in [-0.3, -0.25) is 14.9 Å². The predicted molar refractivity (Wildman–Crippen MR) is 69.0 cm³/mol. The number of hydrogen-bond donors (Lipinski definition) is 1. The van der Waals surface area contributed by atoms with Crippen molar-refractivity contribution in [3.63, 3.8) is 0 Å². The van der Waals surface area contributed by atoms with Crippen LogP contribution in [0, 0.1) is 10.1 Å². The normalized spacial score (nSPS) is 12.9. The van der Waals surface area contributed by atoms with E-state index in [4.69, 9.17) is 0 Å². The number of hydrogen-bond acceptors (Lipinski definition) is 5. The van der Waals surface area contributed by atoms with Gasteiger partial charge in [0.2, 0.25) is 10.0 Å². The number of ketones is 1. The Balaban J connectivity index is 2.96. The van der Waals surface area contributed by atoms with Crippen LogP contribution in [0.25, 0.3) is 0 Å². The molecule has 0 saturated heterocycles. The van der Waals surface area contributed by atoms with Crippen LogP contribution in [0.5, 0.6) is 0 Å². The second kappa shape index (κ2) is 5.89. The van der Waals surface area contributed by atoms with E-state index in [-0.39, 0.29) is 17.0 Å². The Bertz CT molecular complexity index is 597. The van der Waals surface area contributed by atoms with Gasteiger partial charge in [0.15, 0.2) is 0 Å². The van der Waals surface area contributed by atoms with Gasteiger partial charge in [-0.2, -0.15) is 0 Å². The van der Waals surface area contributed by atoms with Gasteiger partial charge in [0, 0.05) is 11.6 Å². The monoisotopic (exact) mass is 286 g/mol. The fraction of sp³-hybridized carbons (Fsp3) is 0.364. The van der Waals surface area contributed by atoms with Gasteiger partial charge in [-0.1, -0.05) is 18.2 Å². The minimum Gasteiger partial charge on any atom is -0.298 e. The first-order valence-electron chi connectivity index (χ1n) is 5.45. The summed E-state index contributed by atoms with van der Waals surface area (Å²) in [6, 6.07) is 4.73. The second-order valence-electron chi connectivity index (χ2n) is 4.10. The van der Waals surface area contributed by atoms with Crippen LogP contribution in [0.2, 0.25) is 0 Å². The molecule has 0 aliphatic carbocycles. The van der Waals surface area contributed by atoms with E-state index in [1.54, 1.807) is 0 Å². The van der Waals surface area contributed by atoms with Gasteiger partial charge < -0.3 is 0 Å². The number of para-hydroxylation sites is 1. The minimum absolute atomic E-state index is 0.0794. The number of carbonyl (C=O) groups is 1. The van der Waals surface area contributed by atoms with Gasteiger partial charge in [-0.15, -0.1) is 0 Å². The molecule has 0 bridgehead atoms. The molecule has 104 valence electrons. The Morgan fingerprint density at radius 2 is 2.00 bits per heavy atom. The van der Waals surface area contributed by atoms with Crippen LogP contribution >= 0.6 is 0 Å². The number of nitrogens with one attached hydrogen (secondary N) is 1. The highest BCUT2D eigenvalue weighted by atomic mass is 32.2. The molecule has 0 fully saturated rings. The molecule has 0 aromatic heterocycles. The molecule has 1 N–H and O–H groups in total. The van der Waals surface area contributed by atoms with Crippen LogP contribution in [0.1, 0.15) is 19.4 Å². The first-order chi connectivity index (χ1) is 8.73. The molecule has 0 aliphatic rings. The lowest BCUT2D eigenvalue weighted by atomic mass is 10.2. The minimum atomic E-state index is -3.81. The van der Waals surface area contributed by atoms with Crippen LogP contribution in [0.4, 0.5) is 5.69 Å². The van der Waals surface area contributed by atoms with Gasteiger partial charge in [-0.25, -0.2) is 13.1 Å². The van der Waals surface area contributed by atoms with Crippen molar-refractivity contribution in [1.29, 1.82) is 0 Å². The van der Waals surface area contributed by atoms with E-state index in [2.05, 4.69) is 4.72 Å². The first kappa shape index (κ1) is 15.3. The summed E-state index contributed by atoms with van der Waals surface area (Å²) in [6.07, 6.45) is 0. The van der Waals surface area contributed by atoms with E-state index in [1.807, 2.05) is 0 Å². The van der Waals surface area contributed by atoms with Crippen molar-refractivity contribution in [1.82, 2.24) is 4.72 Å². The number of rotatable bonds is 6. The van der Waals surface area contributed by atoms with Crippen molar-refractivity contribution >= 4 is 21.5 Å². The zero-order chi connectivity index (χ0) is 14.6. The maximum atomic E-state index is 11.8. The predicted octanol–water partition coefficient (Wildman–Crippen LogP) is 0.992. The number of carbonyl (C=O) groups excluding carboxylic acids is 1. The quantitative estimate of drug-likeness (QED) is 0.620. The molecular formula is C11H14N2O5S. The van der Waals surface area contributed by atoms with E-state index in [0.717, 1.165) is 0 Å². The smallest absolute Gasteiger partial charge is 0.273 e. The van der Waals surface area contributed by atoms with Crippen LogP contribution in [-0.4, -0.2) is 25.2 Å². The Hall–Kier alpha value is -1.80.